The van der Waals surface area contributed by atoms with E-state index >= 15 is 0 Å². The van der Waals surface area contributed by atoms with E-state index in [4.69, 9.17) is 0 Å². The summed E-state index contributed by atoms with van der Waals surface area (Å²) in [7, 11) is 0. The zero-order chi connectivity index (χ0) is 19.6. The fourth-order valence-corrected chi connectivity index (χ4v) is 3.11. The number of hydrogen-bond acceptors (Lipinski definition) is 3. The highest BCUT2D eigenvalue weighted by atomic mass is 19.1. The largest absolute Gasteiger partial charge is 0.339 e. The molecule has 27 heavy (non-hydrogen) atoms. The summed E-state index contributed by atoms with van der Waals surface area (Å²) in [5.41, 5.74) is 0.211. The van der Waals surface area contributed by atoms with Crippen LogP contribution in [0.5, 0.6) is 0 Å². The number of aromatic nitrogens is 2. The van der Waals surface area contributed by atoms with Crippen molar-refractivity contribution in [1.82, 2.24) is 19.6 Å². The van der Waals surface area contributed by atoms with Crippen LogP contribution >= 0.6 is 0 Å². The molecule has 0 aliphatic carbocycles. The molecule has 2 amide bonds. The van der Waals surface area contributed by atoms with Crippen LogP contribution in [-0.4, -0.2) is 57.6 Å². The van der Waals surface area contributed by atoms with Crippen LogP contribution in [0.1, 0.15) is 37.6 Å². The zero-order valence-corrected chi connectivity index (χ0v) is 16.0. The molecule has 3 rings (SSSR count). The number of amides is 2. The lowest BCUT2D eigenvalue weighted by Gasteiger charge is -2.38. The Morgan fingerprint density at radius 3 is 2.37 bits per heavy atom. The first-order valence-corrected chi connectivity index (χ1v) is 9.21. The summed E-state index contributed by atoms with van der Waals surface area (Å²) >= 11 is 0. The van der Waals surface area contributed by atoms with Crippen molar-refractivity contribution < 1.29 is 14.0 Å². The topological polar surface area (TPSA) is 58.4 Å². The van der Waals surface area contributed by atoms with E-state index < -0.39 is 11.2 Å². The fourth-order valence-electron chi connectivity index (χ4n) is 3.11. The molecule has 1 aliphatic rings. The number of halogens is 1. The normalized spacial score (nSPS) is 15.1. The summed E-state index contributed by atoms with van der Waals surface area (Å²) in [6.07, 6.45) is 3.99. The number of nitrogens with zero attached hydrogens (tertiary/aromatic N) is 4. The van der Waals surface area contributed by atoms with Gasteiger partial charge in [0.15, 0.2) is 0 Å². The SMILES string of the molecule is CCC(C)(C)C(=O)N1CCN(C(=O)c2ccc(-n3cccn3)c(F)c2)CC1. The lowest BCUT2D eigenvalue weighted by atomic mass is 9.88. The van der Waals surface area contributed by atoms with Gasteiger partial charge >= 0.3 is 0 Å². The molecule has 0 bridgehead atoms. The minimum absolute atomic E-state index is 0.117. The van der Waals surface area contributed by atoms with Gasteiger partial charge in [0.05, 0.1) is 0 Å². The zero-order valence-electron chi connectivity index (χ0n) is 16.0. The molecule has 0 saturated carbocycles. The molecule has 144 valence electrons. The average Bonchev–Trinajstić information content (AvgIpc) is 3.21. The highest BCUT2D eigenvalue weighted by Crippen LogP contribution is 2.24. The van der Waals surface area contributed by atoms with Gasteiger partial charge < -0.3 is 9.80 Å². The Kier molecular flexibility index (Phi) is 5.30. The Balaban J connectivity index is 1.66. The van der Waals surface area contributed by atoms with Crippen LogP contribution in [0.25, 0.3) is 5.69 Å². The van der Waals surface area contributed by atoms with Gasteiger partial charge in [-0.2, -0.15) is 5.10 Å². The maximum Gasteiger partial charge on any atom is 0.254 e. The Bertz CT molecular complexity index is 825. The molecule has 0 atom stereocenters. The number of carbonyl (C=O) groups excluding carboxylic acids is 2. The molecule has 0 radical (unpaired) electrons. The third-order valence-corrected chi connectivity index (χ3v) is 5.26. The maximum absolute atomic E-state index is 14.4. The Morgan fingerprint density at radius 1 is 1.15 bits per heavy atom. The van der Waals surface area contributed by atoms with Gasteiger partial charge in [-0.1, -0.05) is 20.8 Å². The molecule has 1 aliphatic heterocycles. The van der Waals surface area contributed by atoms with E-state index in [0.717, 1.165) is 6.42 Å². The van der Waals surface area contributed by atoms with Gasteiger partial charge in [0.25, 0.3) is 5.91 Å². The Labute approximate surface area is 158 Å². The van der Waals surface area contributed by atoms with Gasteiger partial charge in [0.2, 0.25) is 5.91 Å². The third-order valence-electron chi connectivity index (χ3n) is 5.26. The van der Waals surface area contributed by atoms with Crippen LogP contribution in [0.3, 0.4) is 0 Å². The summed E-state index contributed by atoms with van der Waals surface area (Å²) in [6, 6.07) is 6.12. The molecule has 1 aromatic heterocycles. The minimum Gasteiger partial charge on any atom is -0.339 e. The average molecular weight is 372 g/mol. The monoisotopic (exact) mass is 372 g/mol. The summed E-state index contributed by atoms with van der Waals surface area (Å²) < 4.78 is 15.8. The van der Waals surface area contributed by atoms with E-state index in [-0.39, 0.29) is 11.8 Å². The third kappa shape index (κ3) is 3.86. The van der Waals surface area contributed by atoms with Crippen molar-refractivity contribution in [3.63, 3.8) is 0 Å². The van der Waals surface area contributed by atoms with E-state index in [1.165, 1.54) is 10.7 Å². The van der Waals surface area contributed by atoms with Crippen LogP contribution in [0.15, 0.2) is 36.7 Å². The summed E-state index contributed by atoms with van der Waals surface area (Å²) in [4.78, 5) is 28.8. The van der Waals surface area contributed by atoms with Crippen molar-refractivity contribution in [3.8, 4) is 5.69 Å². The van der Waals surface area contributed by atoms with Crippen molar-refractivity contribution in [2.45, 2.75) is 27.2 Å². The standard InChI is InChI=1S/C20H25FN4O2/c1-4-20(2,3)19(27)24-12-10-23(11-13-24)18(26)15-6-7-17(16(21)14-15)25-9-5-8-22-25/h5-9,14H,4,10-13H2,1-3H3. The molecular weight excluding hydrogens is 347 g/mol. The smallest absolute Gasteiger partial charge is 0.254 e. The van der Waals surface area contributed by atoms with E-state index in [1.807, 2.05) is 25.7 Å². The quantitative estimate of drug-likeness (QED) is 0.829. The number of benzene rings is 1. The first-order chi connectivity index (χ1) is 12.8. The molecule has 6 nitrogen and oxygen atoms in total. The van der Waals surface area contributed by atoms with E-state index in [2.05, 4.69) is 5.10 Å². The number of hydrogen-bond donors (Lipinski definition) is 0. The van der Waals surface area contributed by atoms with Gasteiger partial charge in [0, 0.05) is 49.6 Å². The fraction of sp³-hybridized carbons (Fsp3) is 0.450. The van der Waals surface area contributed by atoms with Crippen molar-refractivity contribution >= 4 is 11.8 Å². The van der Waals surface area contributed by atoms with E-state index in [0.29, 0.717) is 37.4 Å². The van der Waals surface area contributed by atoms with Crippen LogP contribution in [0.4, 0.5) is 4.39 Å². The summed E-state index contributed by atoms with van der Waals surface area (Å²) in [5.74, 6) is -0.599. The van der Waals surface area contributed by atoms with Crippen molar-refractivity contribution in [1.29, 1.82) is 0 Å². The van der Waals surface area contributed by atoms with Gasteiger partial charge in [-0.05, 0) is 30.7 Å². The highest BCUT2D eigenvalue weighted by molar-refractivity contribution is 5.94. The lowest BCUT2D eigenvalue weighted by molar-refractivity contribution is -0.142. The maximum atomic E-state index is 14.4. The minimum atomic E-state index is -0.497. The number of carbonyl (C=O) groups is 2. The van der Waals surface area contributed by atoms with Crippen LogP contribution in [0, 0.1) is 11.2 Å². The van der Waals surface area contributed by atoms with E-state index in [9.17, 15) is 14.0 Å². The Hall–Kier alpha value is -2.70. The molecule has 2 heterocycles. The molecule has 0 unspecified atom stereocenters. The summed E-state index contributed by atoms with van der Waals surface area (Å²) in [6.45, 7) is 7.79. The molecule has 1 fully saturated rings. The Morgan fingerprint density at radius 2 is 1.81 bits per heavy atom. The van der Waals surface area contributed by atoms with Crippen LogP contribution in [0.2, 0.25) is 0 Å². The number of rotatable bonds is 4. The van der Waals surface area contributed by atoms with Gasteiger partial charge in [-0.25, -0.2) is 9.07 Å². The van der Waals surface area contributed by atoms with E-state index in [1.54, 1.807) is 35.5 Å². The van der Waals surface area contributed by atoms with Crippen molar-refractivity contribution in [2.75, 3.05) is 26.2 Å². The summed E-state index contributed by atoms with van der Waals surface area (Å²) in [5, 5.41) is 4.01. The highest BCUT2D eigenvalue weighted by Gasteiger charge is 2.33. The molecule has 7 heteroatoms. The van der Waals surface area contributed by atoms with Crippen molar-refractivity contribution in [2.24, 2.45) is 5.41 Å². The first-order valence-electron chi connectivity index (χ1n) is 9.21. The first kappa shape index (κ1) is 19.1. The predicted molar refractivity (Wildman–Crippen MR) is 100 cm³/mol. The molecule has 0 spiro atoms. The second kappa shape index (κ2) is 7.50. The van der Waals surface area contributed by atoms with Crippen molar-refractivity contribution in [3.05, 3.63) is 48.0 Å². The van der Waals surface area contributed by atoms with Gasteiger partial charge in [-0.3, -0.25) is 9.59 Å². The molecule has 0 N–H and O–H groups in total. The predicted octanol–water partition coefficient (Wildman–Crippen LogP) is 2.73. The lowest BCUT2D eigenvalue weighted by Crippen LogP contribution is -2.53. The molecule has 1 aromatic carbocycles. The number of piperazine rings is 1. The van der Waals surface area contributed by atoms with Crippen LogP contribution < -0.4 is 0 Å². The second-order valence-corrected chi connectivity index (χ2v) is 7.44. The van der Waals surface area contributed by atoms with Gasteiger partial charge in [-0.15, -0.1) is 0 Å². The molecular formula is C20H25FN4O2. The van der Waals surface area contributed by atoms with Crippen LogP contribution in [-0.2, 0) is 4.79 Å². The molecule has 2 aromatic rings. The second-order valence-electron chi connectivity index (χ2n) is 7.44. The van der Waals surface area contributed by atoms with Gasteiger partial charge in [0.1, 0.15) is 11.5 Å². The molecule has 1 saturated heterocycles.